The molecule has 4 amide bonds. The summed E-state index contributed by atoms with van der Waals surface area (Å²) in [6.07, 6.45) is 2.52. The van der Waals surface area contributed by atoms with Gasteiger partial charge in [0.1, 0.15) is 24.4 Å². The fraction of sp³-hybridized carbons (Fsp3) is 0.667. The monoisotopic (exact) mass is 558 g/mol. The van der Waals surface area contributed by atoms with Crippen LogP contribution in [-0.2, 0) is 19.1 Å². The number of fused-ring (bicyclic) bond motifs is 1. The summed E-state index contributed by atoms with van der Waals surface area (Å²) in [7, 11) is 1.73. The van der Waals surface area contributed by atoms with Gasteiger partial charge in [0.05, 0.1) is 18.0 Å². The van der Waals surface area contributed by atoms with Crippen LogP contribution >= 0.6 is 0 Å². The average Bonchev–Trinajstić information content (AvgIpc) is 2.92. The van der Waals surface area contributed by atoms with Gasteiger partial charge >= 0.3 is 0 Å². The highest BCUT2D eigenvalue weighted by molar-refractivity contribution is 6.01. The van der Waals surface area contributed by atoms with E-state index in [9.17, 15) is 19.2 Å². The highest BCUT2D eigenvalue weighted by atomic mass is 16.5. The lowest BCUT2D eigenvalue weighted by molar-refractivity contribution is -0.138. The van der Waals surface area contributed by atoms with Gasteiger partial charge in [-0.15, -0.1) is 0 Å². The van der Waals surface area contributed by atoms with E-state index in [4.69, 9.17) is 9.47 Å². The van der Waals surface area contributed by atoms with E-state index in [0.717, 1.165) is 12.8 Å². The highest BCUT2D eigenvalue weighted by Crippen LogP contribution is 2.22. The van der Waals surface area contributed by atoms with Gasteiger partial charge in [0.15, 0.2) is 0 Å². The van der Waals surface area contributed by atoms with Crippen LogP contribution in [0.15, 0.2) is 24.3 Å². The molecule has 0 radical (unpaired) electrons. The van der Waals surface area contributed by atoms with Gasteiger partial charge in [0, 0.05) is 26.8 Å². The van der Waals surface area contributed by atoms with Crippen LogP contribution in [0, 0.1) is 17.8 Å². The van der Waals surface area contributed by atoms with Crippen LogP contribution in [-0.4, -0.2) is 80.1 Å². The van der Waals surface area contributed by atoms with Crippen molar-refractivity contribution in [1.29, 1.82) is 0 Å². The largest absolute Gasteiger partial charge is 0.491 e. The topological polar surface area (TPSA) is 126 Å². The number of hydrogen-bond donors (Lipinski definition) is 3. The molecule has 10 nitrogen and oxygen atoms in total. The Balaban J connectivity index is 1.90. The fourth-order valence-corrected chi connectivity index (χ4v) is 5.17. The van der Waals surface area contributed by atoms with Crippen molar-refractivity contribution in [1.82, 2.24) is 20.9 Å². The van der Waals surface area contributed by atoms with Gasteiger partial charge in [-0.25, -0.2) is 0 Å². The number of amides is 4. The molecule has 0 aliphatic carbocycles. The first-order chi connectivity index (χ1) is 19.0. The molecule has 3 N–H and O–H groups in total. The summed E-state index contributed by atoms with van der Waals surface area (Å²) in [5.74, 6) is -0.552. The third-order valence-electron chi connectivity index (χ3n) is 7.46. The number of likely N-dealkylation sites (N-methyl/N-ethyl adjacent to an activating group) is 1. The molecule has 2 aliphatic rings. The first-order valence-electron chi connectivity index (χ1n) is 14.5. The molecule has 0 spiro atoms. The molecule has 3 rings (SSSR count). The van der Waals surface area contributed by atoms with Gasteiger partial charge in [-0.3, -0.25) is 19.2 Å². The number of nitrogens with zero attached hydrogens (tertiary/aromatic N) is 1. The van der Waals surface area contributed by atoms with Gasteiger partial charge in [-0.2, -0.15) is 0 Å². The number of carbonyl (C=O) groups excluding carboxylic acids is 4. The van der Waals surface area contributed by atoms with Crippen molar-refractivity contribution in [3.8, 4) is 5.75 Å². The van der Waals surface area contributed by atoms with E-state index in [2.05, 4.69) is 29.8 Å². The minimum atomic E-state index is -1.12. The predicted molar refractivity (Wildman–Crippen MR) is 152 cm³/mol. The third-order valence-corrected chi connectivity index (χ3v) is 7.46. The molecule has 3 atom stereocenters. The summed E-state index contributed by atoms with van der Waals surface area (Å²) < 4.78 is 11.5. The Kier molecular flexibility index (Phi) is 11.8. The Morgan fingerprint density at radius 1 is 1.02 bits per heavy atom. The zero-order valence-electron chi connectivity index (χ0n) is 24.5. The van der Waals surface area contributed by atoms with Gasteiger partial charge in [0.25, 0.3) is 5.91 Å². The number of rotatable bonds is 7. The standard InChI is InChI=1S/C30H46N4O6/c1-19(2)14-22-18-40-26-9-7-6-8-23(26)28(36)33-24(29(37)31-17-21-10-12-39-13-11-21)16-27(35)32-25(15-20(3)4)30(38)34(22)5/h6-9,19-22,24-25H,10-18H2,1-5H3,(H,31,37)(H,32,35)(H,33,36)/t22-,24-,25+/m0/s1. The van der Waals surface area contributed by atoms with Crippen molar-refractivity contribution in [2.24, 2.45) is 17.8 Å². The second kappa shape index (κ2) is 15.0. The molecular weight excluding hydrogens is 512 g/mol. The molecule has 1 aromatic rings. The predicted octanol–water partition coefficient (Wildman–Crippen LogP) is 2.51. The molecule has 222 valence electrons. The molecule has 10 heteroatoms. The molecule has 2 aliphatic heterocycles. The average molecular weight is 559 g/mol. The Bertz CT molecular complexity index is 1020. The molecule has 1 saturated heterocycles. The molecule has 2 heterocycles. The van der Waals surface area contributed by atoms with Crippen molar-refractivity contribution < 1.29 is 28.7 Å². The van der Waals surface area contributed by atoms with E-state index >= 15 is 0 Å². The molecule has 1 fully saturated rings. The molecule has 1 aromatic carbocycles. The van der Waals surface area contributed by atoms with Crippen LogP contribution in [0.25, 0.3) is 0 Å². The van der Waals surface area contributed by atoms with Crippen LogP contribution in [0.1, 0.15) is 70.2 Å². The van der Waals surface area contributed by atoms with Crippen molar-refractivity contribution in [2.45, 2.75) is 77.9 Å². The van der Waals surface area contributed by atoms with Crippen molar-refractivity contribution >= 4 is 23.6 Å². The lowest BCUT2D eigenvalue weighted by atomic mass is 9.99. The number of benzene rings is 1. The van der Waals surface area contributed by atoms with Crippen molar-refractivity contribution in [2.75, 3.05) is 33.4 Å². The minimum absolute atomic E-state index is 0.145. The van der Waals surface area contributed by atoms with E-state index in [1.807, 2.05) is 13.8 Å². The smallest absolute Gasteiger partial charge is 0.255 e. The number of nitrogens with one attached hydrogen (secondary N) is 3. The maximum Gasteiger partial charge on any atom is 0.255 e. The fourth-order valence-electron chi connectivity index (χ4n) is 5.17. The Morgan fingerprint density at radius 3 is 2.38 bits per heavy atom. The lowest BCUT2D eigenvalue weighted by Crippen LogP contribution is -2.55. The second-order valence-electron chi connectivity index (χ2n) is 11.8. The Labute approximate surface area is 237 Å². The normalized spacial score (nSPS) is 23.6. The summed E-state index contributed by atoms with van der Waals surface area (Å²) in [6.45, 7) is 10.0. The third kappa shape index (κ3) is 9.21. The molecule has 0 aromatic heterocycles. The number of para-hydroxylation sites is 1. The van der Waals surface area contributed by atoms with E-state index in [1.54, 1.807) is 36.2 Å². The van der Waals surface area contributed by atoms with E-state index in [1.165, 1.54) is 0 Å². The van der Waals surface area contributed by atoms with Crippen LogP contribution in [0.5, 0.6) is 5.75 Å². The summed E-state index contributed by atoms with van der Waals surface area (Å²) in [6, 6.07) is 4.67. The maximum absolute atomic E-state index is 13.7. The molecular formula is C30H46N4O6. The first-order valence-corrected chi connectivity index (χ1v) is 14.5. The minimum Gasteiger partial charge on any atom is -0.491 e. The summed E-state index contributed by atoms with van der Waals surface area (Å²) >= 11 is 0. The summed E-state index contributed by atoms with van der Waals surface area (Å²) in [5, 5.41) is 8.52. The summed E-state index contributed by atoms with van der Waals surface area (Å²) in [5.41, 5.74) is 0.261. The van der Waals surface area contributed by atoms with Crippen LogP contribution in [0.4, 0.5) is 0 Å². The Morgan fingerprint density at radius 2 is 1.70 bits per heavy atom. The molecule has 0 unspecified atom stereocenters. The first kappa shape index (κ1) is 31.4. The number of ether oxygens (including phenoxy) is 2. The van der Waals surface area contributed by atoms with Crippen molar-refractivity contribution in [3.63, 3.8) is 0 Å². The van der Waals surface area contributed by atoms with Crippen LogP contribution in [0.2, 0.25) is 0 Å². The van der Waals surface area contributed by atoms with Crippen LogP contribution < -0.4 is 20.7 Å². The van der Waals surface area contributed by atoms with Gasteiger partial charge in [-0.05, 0) is 55.6 Å². The molecule has 0 bridgehead atoms. The van der Waals surface area contributed by atoms with E-state index in [-0.39, 0.29) is 42.4 Å². The van der Waals surface area contributed by atoms with Crippen LogP contribution in [0.3, 0.4) is 0 Å². The maximum atomic E-state index is 13.7. The number of carbonyl (C=O) groups is 4. The van der Waals surface area contributed by atoms with E-state index < -0.39 is 29.8 Å². The Hall–Kier alpha value is -3.14. The molecule has 0 saturated carbocycles. The number of hydrogen-bond acceptors (Lipinski definition) is 6. The van der Waals surface area contributed by atoms with Gasteiger partial charge in [0.2, 0.25) is 17.7 Å². The van der Waals surface area contributed by atoms with Crippen molar-refractivity contribution in [3.05, 3.63) is 29.8 Å². The van der Waals surface area contributed by atoms with E-state index in [0.29, 0.717) is 44.3 Å². The SMILES string of the molecule is CC(C)C[C@H]1COc2ccccc2C(=O)N[C@H](C(=O)NCC2CCOCC2)CC(=O)N[C@H](CC(C)C)C(=O)N1C. The zero-order valence-corrected chi connectivity index (χ0v) is 24.5. The zero-order chi connectivity index (χ0) is 29.2. The molecule has 40 heavy (non-hydrogen) atoms. The van der Waals surface area contributed by atoms with Gasteiger partial charge < -0.3 is 30.3 Å². The lowest BCUT2D eigenvalue weighted by Gasteiger charge is -2.33. The van der Waals surface area contributed by atoms with Gasteiger partial charge in [-0.1, -0.05) is 39.8 Å². The highest BCUT2D eigenvalue weighted by Gasteiger charge is 2.33. The quantitative estimate of drug-likeness (QED) is 0.472. The second-order valence-corrected chi connectivity index (χ2v) is 11.8. The summed E-state index contributed by atoms with van der Waals surface area (Å²) in [4.78, 5) is 55.3.